The number of benzene rings is 1. The molecular weight excluding hydrogens is 258 g/mol. The first kappa shape index (κ1) is 16.3. The first-order valence-electron chi connectivity index (χ1n) is 7.18. The van der Waals surface area contributed by atoms with Crippen LogP contribution < -0.4 is 0 Å². The molecule has 1 saturated heterocycles. The topological polar surface area (TPSA) is 23.5 Å². The smallest absolute Gasteiger partial charge is 0.121 e. The van der Waals surface area contributed by atoms with Gasteiger partial charge in [0, 0.05) is 6.54 Å². The van der Waals surface area contributed by atoms with Gasteiger partial charge in [0.05, 0.1) is 0 Å². The second kappa shape index (κ2) is 7.76. The summed E-state index contributed by atoms with van der Waals surface area (Å²) in [6.07, 6.45) is 6.83. The van der Waals surface area contributed by atoms with Crippen LogP contribution in [0.5, 0.6) is 5.75 Å². The molecule has 0 spiro atoms. The molecular formula is C16H26ClNO. The number of hydrogen-bond donors (Lipinski definition) is 1. The van der Waals surface area contributed by atoms with E-state index >= 15 is 0 Å². The van der Waals surface area contributed by atoms with E-state index in [-0.39, 0.29) is 12.4 Å². The molecule has 19 heavy (non-hydrogen) atoms. The fraction of sp³-hybridized carbons (Fsp3) is 0.625. The van der Waals surface area contributed by atoms with E-state index in [0.29, 0.717) is 5.75 Å². The SMILES string of the molecule is Cc1cc(CN2CCCCCCC2)cc(C)c1O.Cl. The highest BCUT2D eigenvalue weighted by Crippen LogP contribution is 2.24. The van der Waals surface area contributed by atoms with E-state index in [2.05, 4.69) is 17.0 Å². The largest absolute Gasteiger partial charge is 0.507 e. The average Bonchev–Trinajstić information content (AvgIpc) is 2.29. The summed E-state index contributed by atoms with van der Waals surface area (Å²) in [5, 5.41) is 9.81. The van der Waals surface area contributed by atoms with Crippen molar-refractivity contribution in [2.24, 2.45) is 0 Å². The summed E-state index contributed by atoms with van der Waals surface area (Å²) >= 11 is 0. The van der Waals surface area contributed by atoms with Crippen molar-refractivity contribution in [3.63, 3.8) is 0 Å². The summed E-state index contributed by atoms with van der Waals surface area (Å²) < 4.78 is 0. The van der Waals surface area contributed by atoms with Gasteiger partial charge >= 0.3 is 0 Å². The predicted molar refractivity (Wildman–Crippen MR) is 83.2 cm³/mol. The third kappa shape index (κ3) is 4.70. The molecule has 0 radical (unpaired) electrons. The van der Waals surface area contributed by atoms with Crippen molar-refractivity contribution in [2.45, 2.75) is 52.5 Å². The van der Waals surface area contributed by atoms with Crippen molar-refractivity contribution in [1.29, 1.82) is 0 Å². The Kier molecular flexibility index (Phi) is 6.67. The number of hydrogen-bond acceptors (Lipinski definition) is 2. The number of phenols is 1. The summed E-state index contributed by atoms with van der Waals surface area (Å²) in [6.45, 7) is 7.44. The molecule has 0 atom stereocenters. The second-order valence-corrected chi connectivity index (χ2v) is 5.62. The number of phenolic OH excluding ortho intramolecular Hbond substituents is 1. The van der Waals surface area contributed by atoms with E-state index in [0.717, 1.165) is 17.7 Å². The second-order valence-electron chi connectivity index (χ2n) is 5.62. The van der Waals surface area contributed by atoms with Crippen molar-refractivity contribution >= 4 is 12.4 Å². The highest BCUT2D eigenvalue weighted by atomic mass is 35.5. The van der Waals surface area contributed by atoms with Crippen molar-refractivity contribution in [3.05, 3.63) is 28.8 Å². The van der Waals surface area contributed by atoms with Crippen LogP contribution in [0.3, 0.4) is 0 Å². The summed E-state index contributed by atoms with van der Waals surface area (Å²) in [5.41, 5.74) is 3.33. The Labute approximate surface area is 123 Å². The van der Waals surface area contributed by atoms with Gasteiger partial charge in [-0.1, -0.05) is 31.4 Å². The number of halogens is 1. The third-order valence-corrected chi connectivity index (χ3v) is 3.91. The molecule has 0 unspecified atom stereocenters. The maximum Gasteiger partial charge on any atom is 0.121 e. The fourth-order valence-electron chi connectivity index (χ4n) is 2.87. The molecule has 1 heterocycles. The lowest BCUT2D eigenvalue weighted by Gasteiger charge is -2.25. The lowest BCUT2D eigenvalue weighted by molar-refractivity contribution is 0.239. The summed E-state index contributed by atoms with van der Waals surface area (Å²) in [7, 11) is 0. The average molecular weight is 284 g/mol. The monoisotopic (exact) mass is 283 g/mol. The standard InChI is InChI=1S/C16H25NO.ClH/c1-13-10-15(11-14(2)16(13)18)12-17-8-6-4-3-5-7-9-17;/h10-11,18H,3-9,12H2,1-2H3;1H. The molecule has 1 aromatic rings. The van der Waals surface area contributed by atoms with E-state index in [9.17, 15) is 5.11 Å². The van der Waals surface area contributed by atoms with Crippen LogP contribution in [-0.2, 0) is 6.54 Å². The van der Waals surface area contributed by atoms with Crippen LogP contribution in [0.4, 0.5) is 0 Å². The van der Waals surface area contributed by atoms with Gasteiger partial charge in [-0.2, -0.15) is 0 Å². The minimum Gasteiger partial charge on any atom is -0.507 e. The van der Waals surface area contributed by atoms with Crippen molar-refractivity contribution in [1.82, 2.24) is 4.90 Å². The van der Waals surface area contributed by atoms with Gasteiger partial charge in [0.2, 0.25) is 0 Å². The summed E-state index contributed by atoms with van der Waals surface area (Å²) in [5.74, 6) is 0.450. The maximum atomic E-state index is 9.81. The zero-order chi connectivity index (χ0) is 13.0. The van der Waals surface area contributed by atoms with E-state index in [4.69, 9.17) is 0 Å². The lowest BCUT2D eigenvalue weighted by atomic mass is 10.0. The molecule has 0 amide bonds. The Balaban J connectivity index is 0.00000180. The van der Waals surface area contributed by atoms with Gasteiger partial charge in [0.1, 0.15) is 5.75 Å². The molecule has 0 bridgehead atoms. The Morgan fingerprint density at radius 2 is 1.42 bits per heavy atom. The molecule has 1 N–H and O–H groups in total. The first-order valence-corrected chi connectivity index (χ1v) is 7.18. The molecule has 3 heteroatoms. The molecule has 1 aliphatic rings. The maximum absolute atomic E-state index is 9.81. The van der Waals surface area contributed by atoms with Crippen molar-refractivity contribution < 1.29 is 5.11 Å². The van der Waals surface area contributed by atoms with E-state index < -0.39 is 0 Å². The summed E-state index contributed by atoms with van der Waals surface area (Å²) in [6, 6.07) is 4.25. The number of likely N-dealkylation sites (tertiary alicyclic amines) is 1. The molecule has 108 valence electrons. The van der Waals surface area contributed by atoms with Crippen LogP contribution in [0.25, 0.3) is 0 Å². The van der Waals surface area contributed by atoms with Gasteiger partial charge in [-0.15, -0.1) is 12.4 Å². The first-order chi connectivity index (χ1) is 8.66. The summed E-state index contributed by atoms with van der Waals surface area (Å²) in [4.78, 5) is 2.56. The number of aryl methyl sites for hydroxylation is 2. The molecule has 0 saturated carbocycles. The molecule has 1 aliphatic heterocycles. The normalized spacial score (nSPS) is 17.4. The number of rotatable bonds is 2. The molecule has 1 fully saturated rings. The van der Waals surface area contributed by atoms with Crippen molar-refractivity contribution in [3.8, 4) is 5.75 Å². The molecule has 2 rings (SSSR count). The van der Waals surface area contributed by atoms with Gasteiger partial charge in [-0.3, -0.25) is 4.90 Å². The minimum absolute atomic E-state index is 0. The van der Waals surface area contributed by atoms with Crippen LogP contribution in [0.2, 0.25) is 0 Å². The number of nitrogens with zero attached hydrogens (tertiary/aromatic N) is 1. The van der Waals surface area contributed by atoms with Crippen LogP contribution in [-0.4, -0.2) is 23.1 Å². The van der Waals surface area contributed by atoms with E-state index in [1.165, 1.54) is 50.8 Å². The predicted octanol–water partition coefficient (Wildman–Crippen LogP) is 4.20. The molecule has 0 aromatic heterocycles. The lowest BCUT2D eigenvalue weighted by Crippen LogP contribution is -2.26. The molecule has 0 aliphatic carbocycles. The van der Waals surface area contributed by atoms with Crippen molar-refractivity contribution in [2.75, 3.05) is 13.1 Å². The van der Waals surface area contributed by atoms with Gasteiger partial charge < -0.3 is 5.11 Å². The Morgan fingerprint density at radius 1 is 0.947 bits per heavy atom. The van der Waals surface area contributed by atoms with E-state index in [1.54, 1.807) is 0 Å². The van der Waals surface area contributed by atoms with Gasteiger partial charge in [-0.05, 0) is 56.5 Å². The van der Waals surface area contributed by atoms with Gasteiger partial charge in [-0.25, -0.2) is 0 Å². The zero-order valence-corrected chi connectivity index (χ0v) is 12.9. The number of aromatic hydroxyl groups is 1. The van der Waals surface area contributed by atoms with Gasteiger partial charge in [0.15, 0.2) is 0 Å². The zero-order valence-electron chi connectivity index (χ0n) is 12.1. The fourth-order valence-corrected chi connectivity index (χ4v) is 2.87. The Bertz CT molecular complexity index is 375. The quantitative estimate of drug-likeness (QED) is 0.879. The highest BCUT2D eigenvalue weighted by molar-refractivity contribution is 5.85. The highest BCUT2D eigenvalue weighted by Gasteiger charge is 2.10. The Morgan fingerprint density at radius 3 is 1.95 bits per heavy atom. The molecule has 2 nitrogen and oxygen atoms in total. The molecule has 1 aromatic carbocycles. The van der Waals surface area contributed by atoms with Crippen LogP contribution >= 0.6 is 12.4 Å². The van der Waals surface area contributed by atoms with Crippen LogP contribution in [0.15, 0.2) is 12.1 Å². The van der Waals surface area contributed by atoms with Crippen LogP contribution in [0, 0.1) is 13.8 Å². The van der Waals surface area contributed by atoms with Gasteiger partial charge in [0.25, 0.3) is 0 Å². The third-order valence-electron chi connectivity index (χ3n) is 3.91. The Hall–Kier alpha value is -0.730. The van der Waals surface area contributed by atoms with Crippen LogP contribution in [0.1, 0.15) is 48.8 Å². The van der Waals surface area contributed by atoms with E-state index in [1.807, 2.05) is 13.8 Å². The minimum atomic E-state index is 0.